The van der Waals surface area contributed by atoms with E-state index in [1.54, 1.807) is 0 Å². The molecule has 2 aliphatic rings. The zero-order chi connectivity index (χ0) is 13.5. The summed E-state index contributed by atoms with van der Waals surface area (Å²) in [7, 11) is 0. The van der Waals surface area contributed by atoms with Crippen molar-refractivity contribution >= 4 is 5.78 Å². The summed E-state index contributed by atoms with van der Waals surface area (Å²) in [6.45, 7) is 0. The lowest BCUT2D eigenvalue weighted by Crippen LogP contribution is -1.95. The number of Topliss-reactive ketones (excluding diaryl/α,β-unsaturated/α-hetero) is 1. The molecule has 1 saturated carbocycles. The number of hydrogen-bond acceptors (Lipinski definition) is 2. The number of rotatable bonds is 3. The van der Waals surface area contributed by atoms with E-state index in [2.05, 4.69) is 18.2 Å². The van der Waals surface area contributed by atoms with Gasteiger partial charge >= 0.3 is 0 Å². The molecule has 1 fully saturated rings. The first-order valence-electron chi connectivity index (χ1n) is 7.23. The molecule has 0 unspecified atom stereocenters. The number of fused-ring (bicyclic) bond motifs is 1. The SMILES string of the molecule is O=C1CCc2c1cccc2-c1ccc(OC2CC2)cc1. The van der Waals surface area contributed by atoms with Gasteiger partial charge in [0.15, 0.2) is 5.78 Å². The zero-order valence-corrected chi connectivity index (χ0v) is 11.3. The average Bonchev–Trinajstić information content (AvgIpc) is 3.22. The van der Waals surface area contributed by atoms with Crippen molar-refractivity contribution < 1.29 is 9.53 Å². The van der Waals surface area contributed by atoms with Crippen LogP contribution in [0.4, 0.5) is 0 Å². The maximum Gasteiger partial charge on any atom is 0.163 e. The van der Waals surface area contributed by atoms with Crippen LogP contribution in [0.15, 0.2) is 42.5 Å². The Morgan fingerprint density at radius 2 is 1.65 bits per heavy atom. The molecule has 0 heterocycles. The minimum Gasteiger partial charge on any atom is -0.490 e. The number of carbonyl (C=O) groups is 1. The number of ether oxygens (including phenoxy) is 1. The third kappa shape index (κ3) is 2.01. The largest absolute Gasteiger partial charge is 0.490 e. The van der Waals surface area contributed by atoms with E-state index in [1.165, 1.54) is 29.5 Å². The van der Waals surface area contributed by atoms with Crippen LogP contribution in [0.5, 0.6) is 5.75 Å². The molecule has 2 aromatic carbocycles. The highest BCUT2D eigenvalue weighted by molar-refractivity contribution is 6.02. The third-order valence-electron chi connectivity index (χ3n) is 4.07. The van der Waals surface area contributed by atoms with Crippen molar-refractivity contribution in [1.29, 1.82) is 0 Å². The van der Waals surface area contributed by atoms with Gasteiger partial charge in [-0.3, -0.25) is 4.79 Å². The molecular weight excluding hydrogens is 248 g/mol. The Balaban J connectivity index is 1.69. The van der Waals surface area contributed by atoms with Crippen LogP contribution in [0, 0.1) is 0 Å². The highest BCUT2D eigenvalue weighted by atomic mass is 16.5. The Bertz CT molecular complexity index is 666. The Hall–Kier alpha value is -2.09. The molecule has 2 aliphatic carbocycles. The average molecular weight is 264 g/mol. The molecule has 0 saturated heterocycles. The second-order valence-corrected chi connectivity index (χ2v) is 5.60. The fourth-order valence-corrected chi connectivity index (χ4v) is 2.85. The quantitative estimate of drug-likeness (QED) is 0.836. The molecular formula is C18H16O2. The van der Waals surface area contributed by atoms with Crippen molar-refractivity contribution in [3.8, 4) is 16.9 Å². The summed E-state index contributed by atoms with van der Waals surface area (Å²) in [4.78, 5) is 11.8. The summed E-state index contributed by atoms with van der Waals surface area (Å²) < 4.78 is 5.77. The molecule has 0 spiro atoms. The van der Waals surface area contributed by atoms with Gasteiger partial charge in [0.1, 0.15) is 5.75 Å². The molecule has 2 heteroatoms. The first-order valence-corrected chi connectivity index (χ1v) is 7.23. The van der Waals surface area contributed by atoms with E-state index in [1.807, 2.05) is 24.3 Å². The molecule has 0 amide bonds. The molecule has 20 heavy (non-hydrogen) atoms. The van der Waals surface area contributed by atoms with E-state index in [9.17, 15) is 4.79 Å². The summed E-state index contributed by atoms with van der Waals surface area (Å²) in [6.07, 6.45) is 4.30. The minimum absolute atomic E-state index is 0.274. The van der Waals surface area contributed by atoms with Crippen molar-refractivity contribution in [3.63, 3.8) is 0 Å². The van der Waals surface area contributed by atoms with Crippen molar-refractivity contribution in [2.45, 2.75) is 31.8 Å². The molecule has 2 aromatic rings. The van der Waals surface area contributed by atoms with Gasteiger partial charge in [0.05, 0.1) is 6.10 Å². The Labute approximate surface area is 118 Å². The molecule has 0 atom stereocenters. The van der Waals surface area contributed by atoms with E-state index in [0.29, 0.717) is 12.5 Å². The minimum atomic E-state index is 0.274. The number of ketones is 1. The molecule has 0 bridgehead atoms. The second-order valence-electron chi connectivity index (χ2n) is 5.60. The van der Waals surface area contributed by atoms with Gasteiger partial charge in [-0.15, -0.1) is 0 Å². The summed E-state index contributed by atoms with van der Waals surface area (Å²) in [5.74, 6) is 1.22. The molecule has 0 aliphatic heterocycles. The Morgan fingerprint density at radius 3 is 2.40 bits per heavy atom. The van der Waals surface area contributed by atoms with Gasteiger partial charge in [-0.25, -0.2) is 0 Å². The van der Waals surface area contributed by atoms with E-state index in [-0.39, 0.29) is 5.78 Å². The summed E-state index contributed by atoms with van der Waals surface area (Å²) >= 11 is 0. The van der Waals surface area contributed by atoms with Crippen molar-refractivity contribution in [2.75, 3.05) is 0 Å². The van der Waals surface area contributed by atoms with E-state index < -0.39 is 0 Å². The van der Waals surface area contributed by atoms with Crippen LogP contribution in [0.3, 0.4) is 0 Å². The topological polar surface area (TPSA) is 26.3 Å². The van der Waals surface area contributed by atoms with Crippen molar-refractivity contribution in [1.82, 2.24) is 0 Å². The summed E-state index contributed by atoms with van der Waals surface area (Å²) in [6, 6.07) is 14.3. The van der Waals surface area contributed by atoms with Crippen LogP contribution in [-0.2, 0) is 6.42 Å². The first-order chi connectivity index (χ1) is 9.81. The molecule has 4 rings (SSSR count). The maximum absolute atomic E-state index is 11.8. The monoisotopic (exact) mass is 264 g/mol. The second kappa shape index (κ2) is 4.48. The lowest BCUT2D eigenvalue weighted by atomic mass is 9.97. The number of hydrogen-bond donors (Lipinski definition) is 0. The number of carbonyl (C=O) groups excluding carboxylic acids is 1. The van der Waals surface area contributed by atoms with Gasteiger partial charge in [-0.05, 0) is 48.1 Å². The van der Waals surface area contributed by atoms with Gasteiger partial charge in [-0.1, -0.05) is 30.3 Å². The standard InChI is InChI=1S/C18H16O2/c19-18-11-10-16-15(2-1-3-17(16)18)12-4-6-13(7-5-12)20-14-8-9-14/h1-7,14H,8-11H2. The maximum atomic E-state index is 11.8. The van der Waals surface area contributed by atoms with Crippen molar-refractivity contribution in [2.24, 2.45) is 0 Å². The highest BCUT2D eigenvalue weighted by Gasteiger charge is 2.24. The van der Waals surface area contributed by atoms with Gasteiger partial charge in [0.25, 0.3) is 0 Å². The van der Waals surface area contributed by atoms with Gasteiger partial charge < -0.3 is 4.74 Å². The lowest BCUT2D eigenvalue weighted by Gasteiger charge is -2.09. The fourth-order valence-electron chi connectivity index (χ4n) is 2.85. The summed E-state index contributed by atoms with van der Waals surface area (Å²) in [5.41, 5.74) is 4.46. The molecule has 0 radical (unpaired) electrons. The molecule has 100 valence electrons. The van der Waals surface area contributed by atoms with Crippen LogP contribution in [-0.4, -0.2) is 11.9 Å². The van der Waals surface area contributed by atoms with Crippen LogP contribution in [0.2, 0.25) is 0 Å². The first kappa shape index (κ1) is 11.7. The van der Waals surface area contributed by atoms with E-state index in [4.69, 9.17) is 4.74 Å². The van der Waals surface area contributed by atoms with Crippen LogP contribution in [0.1, 0.15) is 35.2 Å². The third-order valence-corrected chi connectivity index (χ3v) is 4.07. The Morgan fingerprint density at radius 1 is 0.900 bits per heavy atom. The normalized spacial score (nSPS) is 17.1. The predicted molar refractivity (Wildman–Crippen MR) is 78.2 cm³/mol. The molecule has 0 N–H and O–H groups in total. The number of benzene rings is 2. The van der Waals surface area contributed by atoms with E-state index in [0.717, 1.165) is 17.7 Å². The van der Waals surface area contributed by atoms with Gasteiger partial charge in [0.2, 0.25) is 0 Å². The zero-order valence-electron chi connectivity index (χ0n) is 11.3. The van der Waals surface area contributed by atoms with Crippen LogP contribution >= 0.6 is 0 Å². The highest BCUT2D eigenvalue weighted by Crippen LogP contribution is 2.34. The fraction of sp³-hybridized carbons (Fsp3) is 0.278. The molecule has 0 aromatic heterocycles. The Kier molecular flexibility index (Phi) is 2.62. The van der Waals surface area contributed by atoms with Crippen molar-refractivity contribution in [3.05, 3.63) is 53.6 Å². The smallest absolute Gasteiger partial charge is 0.163 e. The predicted octanol–water partition coefficient (Wildman–Crippen LogP) is 4.02. The van der Waals surface area contributed by atoms with Crippen LogP contribution < -0.4 is 4.74 Å². The molecule has 2 nitrogen and oxygen atoms in total. The van der Waals surface area contributed by atoms with E-state index >= 15 is 0 Å². The van der Waals surface area contributed by atoms with Gasteiger partial charge in [0, 0.05) is 12.0 Å². The van der Waals surface area contributed by atoms with Gasteiger partial charge in [-0.2, -0.15) is 0 Å². The summed E-state index contributed by atoms with van der Waals surface area (Å²) in [5, 5.41) is 0. The lowest BCUT2D eigenvalue weighted by molar-refractivity contribution is 0.0994. The van der Waals surface area contributed by atoms with Crippen LogP contribution in [0.25, 0.3) is 11.1 Å².